The number of β-amino-alcohol motifs (C(OH)–C–C–N with tert-alkyl or cyclic N) is 1. The van der Waals surface area contributed by atoms with Crippen molar-refractivity contribution in [2.45, 2.75) is 64.5 Å². The van der Waals surface area contributed by atoms with E-state index in [4.69, 9.17) is 14.0 Å². The zero-order chi connectivity index (χ0) is 30.8. The van der Waals surface area contributed by atoms with Gasteiger partial charge in [0, 0.05) is 52.3 Å². The minimum atomic E-state index is -0.789. The van der Waals surface area contributed by atoms with E-state index < -0.39 is 18.1 Å². The summed E-state index contributed by atoms with van der Waals surface area (Å²) in [7, 11) is 3.24. The number of anilines is 1. The van der Waals surface area contributed by atoms with Crippen LogP contribution in [0.1, 0.15) is 56.2 Å². The number of aromatic nitrogens is 2. The summed E-state index contributed by atoms with van der Waals surface area (Å²) in [6.07, 6.45) is -0.898. The summed E-state index contributed by atoms with van der Waals surface area (Å²) >= 11 is 1.60. The molecule has 232 valence electrons. The molecule has 2 aliphatic heterocycles. The van der Waals surface area contributed by atoms with E-state index in [1.54, 1.807) is 31.6 Å². The highest BCUT2D eigenvalue weighted by Gasteiger charge is 2.44. The van der Waals surface area contributed by atoms with Gasteiger partial charge in [-0.05, 0) is 30.9 Å². The minimum Gasteiger partial charge on any atom is -0.391 e. The van der Waals surface area contributed by atoms with Crippen LogP contribution in [0.4, 0.5) is 5.82 Å². The lowest BCUT2D eigenvalue weighted by Crippen LogP contribution is -2.53. The van der Waals surface area contributed by atoms with Gasteiger partial charge in [0.25, 0.3) is 0 Å². The first-order chi connectivity index (χ1) is 20.6. The molecule has 2 saturated heterocycles. The van der Waals surface area contributed by atoms with Crippen LogP contribution in [0.25, 0.3) is 10.4 Å². The molecule has 43 heavy (non-hydrogen) atoms. The second kappa shape index (κ2) is 13.1. The third-order valence-corrected chi connectivity index (χ3v) is 9.46. The molecule has 0 aliphatic carbocycles. The van der Waals surface area contributed by atoms with Crippen molar-refractivity contribution in [2.24, 2.45) is 11.8 Å². The summed E-state index contributed by atoms with van der Waals surface area (Å²) in [6.45, 7) is 9.26. The van der Waals surface area contributed by atoms with Gasteiger partial charge >= 0.3 is 0 Å². The van der Waals surface area contributed by atoms with Crippen LogP contribution in [0.15, 0.2) is 40.4 Å². The Morgan fingerprint density at radius 2 is 1.81 bits per heavy atom. The molecule has 4 atom stereocenters. The SMILES string of the molecule is COC(OC)C1CN(c2cc(C(C(=O)N3C[C@H](O)C[C@H]3C(=O)NC(C)c3ccc(-c4scnc4C)cc3)C(C)C)on2)C1. The van der Waals surface area contributed by atoms with Gasteiger partial charge in [0.15, 0.2) is 17.9 Å². The van der Waals surface area contributed by atoms with Crippen LogP contribution in [-0.2, 0) is 19.1 Å². The molecular formula is C31H41N5O6S. The van der Waals surface area contributed by atoms with Gasteiger partial charge in [-0.3, -0.25) is 9.59 Å². The van der Waals surface area contributed by atoms with Crippen molar-refractivity contribution in [3.05, 3.63) is 52.9 Å². The smallest absolute Gasteiger partial charge is 0.243 e. The van der Waals surface area contributed by atoms with Crippen LogP contribution in [-0.4, -0.2) is 84.3 Å². The van der Waals surface area contributed by atoms with Crippen molar-refractivity contribution < 1.29 is 28.7 Å². The monoisotopic (exact) mass is 611 g/mol. The maximum absolute atomic E-state index is 14.0. The lowest BCUT2D eigenvalue weighted by atomic mass is 9.91. The second-order valence-electron chi connectivity index (χ2n) is 11.8. The highest BCUT2D eigenvalue weighted by atomic mass is 32.1. The number of methoxy groups -OCH3 is 2. The number of aryl methyl sites for hydroxylation is 1. The molecule has 5 rings (SSSR count). The highest BCUT2D eigenvalue weighted by Crippen LogP contribution is 2.35. The standard InChI is InChI=1S/C31H41N5O6S/c1-17(2)27(25-12-26(34-42-25)35-13-22(14-35)31(40-5)41-6)30(39)36-15-23(37)11-24(36)29(38)33-18(3)20-7-9-21(10-8-20)28-19(4)32-16-43-28/h7-10,12,16-18,22-24,27,31,37H,11,13-15H2,1-6H3,(H,33,38)/t18?,23-,24+,27?/m1/s1. The molecule has 12 heteroatoms. The van der Waals surface area contributed by atoms with Gasteiger partial charge in [-0.15, -0.1) is 11.3 Å². The largest absolute Gasteiger partial charge is 0.391 e. The molecule has 2 unspecified atom stereocenters. The molecule has 2 amide bonds. The van der Waals surface area contributed by atoms with E-state index in [9.17, 15) is 14.7 Å². The second-order valence-corrected chi connectivity index (χ2v) is 12.7. The topological polar surface area (TPSA) is 130 Å². The van der Waals surface area contributed by atoms with Gasteiger partial charge in [0.05, 0.1) is 28.2 Å². The predicted octanol–water partition coefficient (Wildman–Crippen LogP) is 3.74. The number of carbonyl (C=O) groups is 2. The number of thiazole rings is 1. The molecule has 2 fully saturated rings. The summed E-state index contributed by atoms with van der Waals surface area (Å²) < 4.78 is 16.4. The number of aliphatic hydroxyl groups excluding tert-OH is 1. The first kappa shape index (κ1) is 31.1. The number of aliphatic hydroxyl groups is 1. The maximum Gasteiger partial charge on any atom is 0.243 e. The Hall–Kier alpha value is -3.32. The highest BCUT2D eigenvalue weighted by molar-refractivity contribution is 7.13. The first-order valence-corrected chi connectivity index (χ1v) is 15.6. The normalized spacial score (nSPS) is 20.5. The minimum absolute atomic E-state index is 0.0850. The fourth-order valence-corrected chi connectivity index (χ4v) is 6.85. The number of carbonyl (C=O) groups excluding carboxylic acids is 2. The van der Waals surface area contributed by atoms with E-state index in [1.807, 2.05) is 62.4 Å². The molecule has 2 N–H and O–H groups in total. The van der Waals surface area contributed by atoms with Gasteiger partial charge in [-0.1, -0.05) is 43.3 Å². The summed E-state index contributed by atoms with van der Waals surface area (Å²) in [5.74, 6) is -0.0133. The predicted molar refractivity (Wildman–Crippen MR) is 163 cm³/mol. The van der Waals surface area contributed by atoms with Gasteiger partial charge < -0.3 is 34.2 Å². The van der Waals surface area contributed by atoms with E-state index in [-0.39, 0.29) is 48.9 Å². The van der Waals surface area contributed by atoms with Crippen LogP contribution in [0.5, 0.6) is 0 Å². The Morgan fingerprint density at radius 1 is 1.12 bits per heavy atom. The summed E-state index contributed by atoms with van der Waals surface area (Å²) in [5.41, 5.74) is 4.84. The van der Waals surface area contributed by atoms with E-state index in [2.05, 4.69) is 15.5 Å². The molecule has 1 aromatic carbocycles. The van der Waals surface area contributed by atoms with Crippen LogP contribution < -0.4 is 10.2 Å². The third kappa shape index (κ3) is 6.47. The maximum atomic E-state index is 14.0. The lowest BCUT2D eigenvalue weighted by Gasteiger charge is -2.41. The molecule has 2 aromatic heterocycles. The lowest BCUT2D eigenvalue weighted by molar-refractivity contribution is -0.142. The number of amides is 2. The quantitative estimate of drug-likeness (QED) is 0.312. The molecule has 0 spiro atoms. The van der Waals surface area contributed by atoms with Gasteiger partial charge in [-0.25, -0.2) is 4.98 Å². The zero-order valence-corrected chi connectivity index (χ0v) is 26.3. The van der Waals surface area contributed by atoms with Crippen molar-refractivity contribution in [1.82, 2.24) is 20.4 Å². The number of hydrogen-bond acceptors (Lipinski definition) is 10. The van der Waals surface area contributed by atoms with Crippen LogP contribution in [0, 0.1) is 18.8 Å². The molecule has 0 saturated carbocycles. The number of likely N-dealkylation sites (tertiary alicyclic amines) is 1. The number of hydrogen-bond donors (Lipinski definition) is 2. The number of benzene rings is 1. The fourth-order valence-electron chi connectivity index (χ4n) is 6.04. The van der Waals surface area contributed by atoms with Crippen LogP contribution in [0.3, 0.4) is 0 Å². The summed E-state index contributed by atoms with van der Waals surface area (Å²) in [6, 6.07) is 8.77. The number of nitrogens with one attached hydrogen (secondary N) is 1. The van der Waals surface area contributed by atoms with Crippen molar-refractivity contribution in [3.8, 4) is 10.4 Å². The van der Waals surface area contributed by atoms with Crippen molar-refractivity contribution in [1.29, 1.82) is 0 Å². The van der Waals surface area contributed by atoms with Gasteiger partial charge in [-0.2, -0.15) is 0 Å². The van der Waals surface area contributed by atoms with Crippen molar-refractivity contribution in [3.63, 3.8) is 0 Å². The molecule has 3 aromatic rings. The molecule has 0 radical (unpaired) electrons. The number of nitrogens with zero attached hydrogens (tertiary/aromatic N) is 4. The van der Waals surface area contributed by atoms with Crippen molar-refractivity contribution >= 4 is 29.0 Å². The summed E-state index contributed by atoms with van der Waals surface area (Å²) in [4.78, 5) is 36.5. The molecule has 4 heterocycles. The Labute approximate surface area is 256 Å². The number of ether oxygens (including phenoxy) is 2. The van der Waals surface area contributed by atoms with E-state index in [1.165, 1.54) is 4.90 Å². The molecular weight excluding hydrogens is 570 g/mol. The molecule has 2 aliphatic rings. The fraction of sp³-hybridized carbons (Fsp3) is 0.548. The number of rotatable bonds is 11. The van der Waals surface area contributed by atoms with Crippen molar-refractivity contribution in [2.75, 3.05) is 38.8 Å². The van der Waals surface area contributed by atoms with Crippen LogP contribution >= 0.6 is 11.3 Å². The molecule has 0 bridgehead atoms. The average Bonchev–Trinajstić information content (AvgIpc) is 3.70. The van der Waals surface area contributed by atoms with Gasteiger partial charge in [0.2, 0.25) is 11.8 Å². The van der Waals surface area contributed by atoms with Gasteiger partial charge in [0.1, 0.15) is 12.0 Å². The third-order valence-electron chi connectivity index (χ3n) is 8.48. The van der Waals surface area contributed by atoms with Crippen LogP contribution in [0.2, 0.25) is 0 Å². The van der Waals surface area contributed by atoms with E-state index >= 15 is 0 Å². The Morgan fingerprint density at radius 3 is 2.42 bits per heavy atom. The first-order valence-electron chi connectivity index (χ1n) is 14.7. The Bertz CT molecular complexity index is 1400. The summed E-state index contributed by atoms with van der Waals surface area (Å²) in [5, 5.41) is 17.8. The average molecular weight is 612 g/mol. The molecule has 11 nitrogen and oxygen atoms in total. The Kier molecular flexibility index (Phi) is 9.50. The zero-order valence-electron chi connectivity index (χ0n) is 25.5. The van der Waals surface area contributed by atoms with E-state index in [0.29, 0.717) is 24.7 Å². The van der Waals surface area contributed by atoms with E-state index in [0.717, 1.165) is 21.7 Å². The Balaban J connectivity index is 1.25.